The van der Waals surface area contributed by atoms with Crippen LogP contribution in [-0.2, 0) is 19.5 Å². The van der Waals surface area contributed by atoms with E-state index in [0.29, 0.717) is 6.04 Å². The van der Waals surface area contributed by atoms with Crippen LogP contribution in [0.2, 0.25) is 0 Å². The average molecular weight is 263 g/mol. The Balaban J connectivity index is 1.95. The minimum Gasteiger partial charge on any atom is -0.308 e. The highest BCUT2D eigenvalue weighted by Gasteiger charge is 2.23. The van der Waals surface area contributed by atoms with Crippen LogP contribution in [0, 0.1) is 5.92 Å². The van der Waals surface area contributed by atoms with Gasteiger partial charge in [0.2, 0.25) is 0 Å². The van der Waals surface area contributed by atoms with E-state index in [4.69, 9.17) is 0 Å². The molecule has 2 unspecified atom stereocenters. The standard InChI is InChI=1S/C16H29N3/c1-4-13-9-7-8-10-16(13)17-12-15-11-14(5-2)18-19(15)6-3/h11,13,16-17H,4-10,12H2,1-3H3. The van der Waals surface area contributed by atoms with Crippen LogP contribution in [0.15, 0.2) is 6.07 Å². The van der Waals surface area contributed by atoms with E-state index in [0.717, 1.165) is 25.4 Å². The Bertz CT molecular complexity index is 383. The lowest BCUT2D eigenvalue weighted by atomic mass is 9.83. The van der Waals surface area contributed by atoms with E-state index in [1.807, 2.05) is 0 Å². The molecule has 2 rings (SSSR count). The fraction of sp³-hybridized carbons (Fsp3) is 0.812. The van der Waals surface area contributed by atoms with Gasteiger partial charge in [0.25, 0.3) is 0 Å². The number of nitrogens with one attached hydrogen (secondary N) is 1. The zero-order valence-corrected chi connectivity index (χ0v) is 12.8. The van der Waals surface area contributed by atoms with Crippen LogP contribution in [0.4, 0.5) is 0 Å². The predicted octanol–water partition coefficient (Wildman–Crippen LogP) is 3.52. The van der Waals surface area contributed by atoms with Crippen LogP contribution in [-0.4, -0.2) is 15.8 Å². The van der Waals surface area contributed by atoms with E-state index >= 15 is 0 Å². The zero-order chi connectivity index (χ0) is 13.7. The van der Waals surface area contributed by atoms with Crippen molar-refractivity contribution >= 4 is 0 Å². The Labute approximate surface area is 117 Å². The van der Waals surface area contributed by atoms with Crippen molar-refractivity contribution in [1.82, 2.24) is 15.1 Å². The maximum absolute atomic E-state index is 4.63. The third-order valence-electron chi connectivity index (χ3n) is 4.55. The zero-order valence-electron chi connectivity index (χ0n) is 12.8. The average Bonchev–Trinajstić information content (AvgIpc) is 2.87. The lowest BCUT2D eigenvalue weighted by Crippen LogP contribution is -2.38. The quantitative estimate of drug-likeness (QED) is 0.851. The minimum absolute atomic E-state index is 0.712. The summed E-state index contributed by atoms with van der Waals surface area (Å²) in [5.41, 5.74) is 2.56. The highest BCUT2D eigenvalue weighted by atomic mass is 15.3. The molecule has 0 saturated heterocycles. The number of rotatable bonds is 6. The van der Waals surface area contributed by atoms with Crippen LogP contribution >= 0.6 is 0 Å². The van der Waals surface area contributed by atoms with Gasteiger partial charge >= 0.3 is 0 Å². The van der Waals surface area contributed by atoms with Gasteiger partial charge in [0.15, 0.2) is 0 Å². The largest absolute Gasteiger partial charge is 0.308 e. The molecular weight excluding hydrogens is 234 g/mol. The number of nitrogens with zero attached hydrogens (tertiary/aromatic N) is 2. The van der Waals surface area contributed by atoms with E-state index in [1.165, 1.54) is 43.5 Å². The van der Waals surface area contributed by atoms with Crippen molar-refractivity contribution in [2.45, 2.75) is 78.4 Å². The molecule has 0 aliphatic heterocycles. The lowest BCUT2D eigenvalue weighted by molar-refractivity contribution is 0.252. The molecule has 108 valence electrons. The minimum atomic E-state index is 0.712. The highest BCUT2D eigenvalue weighted by molar-refractivity contribution is 5.10. The molecular formula is C16H29N3. The van der Waals surface area contributed by atoms with Crippen molar-refractivity contribution in [3.8, 4) is 0 Å². The maximum Gasteiger partial charge on any atom is 0.0625 e. The third-order valence-corrected chi connectivity index (χ3v) is 4.55. The van der Waals surface area contributed by atoms with Gasteiger partial charge in [-0.15, -0.1) is 0 Å². The second-order valence-corrected chi connectivity index (χ2v) is 5.74. The maximum atomic E-state index is 4.63. The van der Waals surface area contributed by atoms with Crippen LogP contribution in [0.25, 0.3) is 0 Å². The Kier molecular flexibility index (Phi) is 5.44. The van der Waals surface area contributed by atoms with Gasteiger partial charge in [-0.2, -0.15) is 5.10 Å². The van der Waals surface area contributed by atoms with Crippen molar-refractivity contribution in [2.24, 2.45) is 5.92 Å². The number of aromatic nitrogens is 2. The van der Waals surface area contributed by atoms with Crippen molar-refractivity contribution in [3.05, 3.63) is 17.5 Å². The van der Waals surface area contributed by atoms with Gasteiger partial charge < -0.3 is 5.32 Å². The van der Waals surface area contributed by atoms with Crippen LogP contribution in [0.3, 0.4) is 0 Å². The number of hydrogen-bond acceptors (Lipinski definition) is 2. The van der Waals surface area contributed by atoms with Gasteiger partial charge in [-0.3, -0.25) is 4.68 Å². The molecule has 3 heteroatoms. The first-order chi connectivity index (χ1) is 9.28. The van der Waals surface area contributed by atoms with Gasteiger partial charge in [-0.25, -0.2) is 0 Å². The highest BCUT2D eigenvalue weighted by Crippen LogP contribution is 2.27. The normalized spacial score (nSPS) is 23.7. The van der Waals surface area contributed by atoms with Crippen LogP contribution < -0.4 is 5.32 Å². The topological polar surface area (TPSA) is 29.9 Å². The fourth-order valence-corrected chi connectivity index (χ4v) is 3.30. The van der Waals surface area contributed by atoms with E-state index in [9.17, 15) is 0 Å². The first-order valence-electron chi connectivity index (χ1n) is 8.07. The fourth-order valence-electron chi connectivity index (χ4n) is 3.30. The van der Waals surface area contributed by atoms with E-state index in [2.05, 4.69) is 41.9 Å². The SMILES string of the molecule is CCc1cc(CNC2CCCCC2CC)n(CC)n1. The molecule has 1 saturated carbocycles. The monoisotopic (exact) mass is 263 g/mol. The Morgan fingerprint density at radius 2 is 2.05 bits per heavy atom. The first kappa shape index (κ1) is 14.6. The summed E-state index contributed by atoms with van der Waals surface area (Å²) in [6.07, 6.45) is 7.90. The molecule has 1 aliphatic rings. The van der Waals surface area contributed by atoms with Crippen molar-refractivity contribution < 1.29 is 0 Å². The summed E-state index contributed by atoms with van der Waals surface area (Å²) < 4.78 is 2.15. The molecule has 1 N–H and O–H groups in total. The molecule has 0 amide bonds. The van der Waals surface area contributed by atoms with Gasteiger partial charge in [0.1, 0.15) is 0 Å². The molecule has 1 aliphatic carbocycles. The van der Waals surface area contributed by atoms with E-state index in [1.54, 1.807) is 0 Å². The lowest BCUT2D eigenvalue weighted by Gasteiger charge is -2.31. The molecule has 0 radical (unpaired) electrons. The summed E-state index contributed by atoms with van der Waals surface area (Å²) in [6, 6.07) is 2.98. The molecule has 1 aromatic rings. The van der Waals surface area contributed by atoms with Gasteiger partial charge in [0, 0.05) is 19.1 Å². The Hall–Kier alpha value is -0.830. The molecule has 3 nitrogen and oxygen atoms in total. The molecule has 1 aromatic heterocycles. The summed E-state index contributed by atoms with van der Waals surface area (Å²) in [4.78, 5) is 0. The smallest absolute Gasteiger partial charge is 0.0625 e. The summed E-state index contributed by atoms with van der Waals surface area (Å²) in [5, 5.41) is 8.42. The second kappa shape index (κ2) is 7.09. The van der Waals surface area contributed by atoms with Gasteiger partial charge in [-0.05, 0) is 38.2 Å². The van der Waals surface area contributed by atoms with Gasteiger partial charge in [-0.1, -0.05) is 33.1 Å². The Morgan fingerprint density at radius 3 is 2.74 bits per heavy atom. The van der Waals surface area contributed by atoms with Crippen molar-refractivity contribution in [2.75, 3.05) is 0 Å². The Morgan fingerprint density at radius 1 is 1.26 bits per heavy atom. The van der Waals surface area contributed by atoms with E-state index in [-0.39, 0.29) is 0 Å². The van der Waals surface area contributed by atoms with Crippen molar-refractivity contribution in [1.29, 1.82) is 0 Å². The summed E-state index contributed by atoms with van der Waals surface area (Å²) in [5.74, 6) is 0.873. The molecule has 2 atom stereocenters. The predicted molar refractivity (Wildman–Crippen MR) is 80.2 cm³/mol. The molecule has 0 spiro atoms. The molecule has 1 heterocycles. The number of hydrogen-bond donors (Lipinski definition) is 1. The van der Waals surface area contributed by atoms with Crippen LogP contribution in [0.5, 0.6) is 0 Å². The second-order valence-electron chi connectivity index (χ2n) is 5.74. The number of aryl methyl sites for hydroxylation is 2. The summed E-state index contributed by atoms with van der Waals surface area (Å²) in [7, 11) is 0. The van der Waals surface area contributed by atoms with Gasteiger partial charge in [0.05, 0.1) is 11.4 Å². The van der Waals surface area contributed by atoms with E-state index < -0.39 is 0 Å². The van der Waals surface area contributed by atoms with Crippen LogP contribution in [0.1, 0.15) is 64.3 Å². The summed E-state index contributed by atoms with van der Waals surface area (Å²) >= 11 is 0. The molecule has 0 bridgehead atoms. The molecule has 1 fully saturated rings. The molecule has 19 heavy (non-hydrogen) atoms. The summed E-state index contributed by atoms with van der Waals surface area (Å²) in [6.45, 7) is 8.62. The third kappa shape index (κ3) is 3.59. The van der Waals surface area contributed by atoms with Crippen molar-refractivity contribution in [3.63, 3.8) is 0 Å². The first-order valence-corrected chi connectivity index (χ1v) is 8.07. The molecule has 0 aromatic carbocycles.